The van der Waals surface area contributed by atoms with E-state index in [1.807, 2.05) is 11.4 Å². The first kappa shape index (κ1) is 19.9. The molecular formula is C15H15N5O3S4. The molecule has 0 fully saturated rings. The Hall–Kier alpha value is -1.89. The molecule has 0 radical (unpaired) electrons. The van der Waals surface area contributed by atoms with Crippen LogP contribution in [0.25, 0.3) is 0 Å². The van der Waals surface area contributed by atoms with Crippen LogP contribution < -0.4 is 10.6 Å². The number of carbonyl (C=O) groups excluding carboxylic acids is 2. The molecule has 0 saturated heterocycles. The van der Waals surface area contributed by atoms with E-state index in [2.05, 4.69) is 32.1 Å². The number of aromatic nitrogens is 3. The number of thiophene rings is 1. The zero-order chi connectivity index (χ0) is 19.1. The predicted octanol–water partition coefficient (Wildman–Crippen LogP) is 3.50. The molecule has 0 aromatic carbocycles. The van der Waals surface area contributed by atoms with Gasteiger partial charge < -0.3 is 9.84 Å². The van der Waals surface area contributed by atoms with E-state index >= 15 is 0 Å². The normalized spacial score (nSPS) is 10.7. The average Bonchev–Trinajstić information content (AvgIpc) is 3.36. The van der Waals surface area contributed by atoms with Crippen LogP contribution in [0.2, 0.25) is 0 Å². The summed E-state index contributed by atoms with van der Waals surface area (Å²) in [7, 11) is 0. The topological polar surface area (TPSA) is 110 Å². The Kier molecular flexibility index (Phi) is 7.26. The molecular weight excluding hydrogens is 426 g/mol. The Morgan fingerprint density at radius 3 is 2.74 bits per heavy atom. The van der Waals surface area contributed by atoms with Crippen molar-refractivity contribution in [3.8, 4) is 0 Å². The van der Waals surface area contributed by atoms with Crippen LogP contribution in [-0.4, -0.2) is 38.7 Å². The summed E-state index contributed by atoms with van der Waals surface area (Å²) in [6, 6.07) is 5.70. The van der Waals surface area contributed by atoms with Gasteiger partial charge in [-0.1, -0.05) is 34.3 Å². The molecule has 0 saturated carbocycles. The number of rotatable bonds is 9. The van der Waals surface area contributed by atoms with Gasteiger partial charge in [-0.3, -0.25) is 14.9 Å². The number of nitrogens with one attached hydrogen (secondary N) is 2. The standard InChI is InChI=1S/C15H15N5O3S4/c1-9-5-11(20-23-9)16-12(21)7-24-8-13(22)17-14-18-19-15(27-14)26-6-10-3-2-4-25-10/h2-5H,6-8H2,1H3,(H,16,20,21)(H,17,18,22). The largest absolute Gasteiger partial charge is 0.360 e. The fourth-order valence-electron chi connectivity index (χ4n) is 1.84. The van der Waals surface area contributed by atoms with E-state index in [0.29, 0.717) is 16.7 Å². The van der Waals surface area contributed by atoms with Crippen molar-refractivity contribution in [3.05, 3.63) is 34.2 Å². The molecule has 0 aliphatic heterocycles. The van der Waals surface area contributed by atoms with Gasteiger partial charge in [-0.15, -0.1) is 33.3 Å². The molecule has 3 aromatic heterocycles. The molecule has 3 aromatic rings. The highest BCUT2D eigenvalue weighted by molar-refractivity contribution is 8.00. The van der Waals surface area contributed by atoms with Gasteiger partial charge in [0, 0.05) is 16.7 Å². The number of thioether (sulfide) groups is 2. The fourth-order valence-corrected chi connectivity index (χ4v) is 5.00. The van der Waals surface area contributed by atoms with Crippen LogP contribution in [0.1, 0.15) is 10.6 Å². The first-order valence-electron chi connectivity index (χ1n) is 7.68. The monoisotopic (exact) mass is 441 g/mol. The van der Waals surface area contributed by atoms with Crippen LogP contribution in [0.4, 0.5) is 10.9 Å². The van der Waals surface area contributed by atoms with E-state index in [1.54, 1.807) is 36.1 Å². The Bertz CT molecular complexity index is 893. The van der Waals surface area contributed by atoms with Crippen LogP contribution >= 0.6 is 46.2 Å². The lowest BCUT2D eigenvalue weighted by atomic mass is 10.5. The minimum atomic E-state index is -0.246. The number of amides is 2. The lowest BCUT2D eigenvalue weighted by Gasteiger charge is -2.02. The quantitative estimate of drug-likeness (QED) is 0.383. The van der Waals surface area contributed by atoms with Crippen LogP contribution in [0, 0.1) is 6.92 Å². The molecule has 3 rings (SSSR count). The number of anilines is 2. The number of hydrogen-bond donors (Lipinski definition) is 2. The minimum absolute atomic E-state index is 0.136. The van der Waals surface area contributed by atoms with Crippen molar-refractivity contribution in [3.63, 3.8) is 0 Å². The van der Waals surface area contributed by atoms with Gasteiger partial charge in [0.15, 0.2) is 10.2 Å². The zero-order valence-corrected chi connectivity index (χ0v) is 17.4. The molecule has 12 heteroatoms. The maximum Gasteiger partial charge on any atom is 0.236 e. The average molecular weight is 442 g/mol. The summed E-state index contributed by atoms with van der Waals surface area (Å²) >= 11 is 5.81. The Morgan fingerprint density at radius 2 is 2.04 bits per heavy atom. The highest BCUT2D eigenvalue weighted by Gasteiger charge is 2.11. The Morgan fingerprint density at radius 1 is 1.22 bits per heavy atom. The smallest absolute Gasteiger partial charge is 0.236 e. The molecule has 0 atom stereocenters. The molecule has 0 aliphatic carbocycles. The van der Waals surface area contributed by atoms with Gasteiger partial charge in [-0.05, 0) is 18.4 Å². The van der Waals surface area contributed by atoms with Crippen molar-refractivity contribution in [2.24, 2.45) is 0 Å². The maximum atomic E-state index is 12.0. The summed E-state index contributed by atoms with van der Waals surface area (Å²) in [6.45, 7) is 1.74. The fraction of sp³-hybridized carbons (Fsp3) is 0.267. The van der Waals surface area contributed by atoms with Crippen LogP contribution in [0.3, 0.4) is 0 Å². The van der Waals surface area contributed by atoms with Gasteiger partial charge in [0.25, 0.3) is 0 Å². The molecule has 2 N–H and O–H groups in total. The molecule has 0 aliphatic rings. The Balaban J connectivity index is 1.34. The van der Waals surface area contributed by atoms with Gasteiger partial charge in [0.2, 0.25) is 16.9 Å². The van der Waals surface area contributed by atoms with Crippen molar-refractivity contribution < 1.29 is 14.1 Å². The SMILES string of the molecule is Cc1cc(NC(=O)CSCC(=O)Nc2nnc(SCc3cccs3)s2)no1. The van der Waals surface area contributed by atoms with E-state index in [9.17, 15) is 9.59 Å². The highest BCUT2D eigenvalue weighted by Crippen LogP contribution is 2.29. The summed E-state index contributed by atoms with van der Waals surface area (Å²) < 4.78 is 5.67. The molecule has 3 heterocycles. The third kappa shape index (κ3) is 6.65. The van der Waals surface area contributed by atoms with Crippen LogP contribution in [0.5, 0.6) is 0 Å². The van der Waals surface area contributed by atoms with E-state index in [1.165, 1.54) is 28.0 Å². The zero-order valence-electron chi connectivity index (χ0n) is 14.1. The second-order valence-electron chi connectivity index (χ2n) is 5.15. The molecule has 27 heavy (non-hydrogen) atoms. The molecule has 142 valence electrons. The van der Waals surface area contributed by atoms with Crippen LogP contribution in [-0.2, 0) is 15.3 Å². The lowest BCUT2D eigenvalue weighted by molar-refractivity contribution is -0.114. The number of hydrogen-bond acceptors (Lipinski definition) is 10. The van der Waals surface area contributed by atoms with Crippen molar-refractivity contribution in [2.45, 2.75) is 17.0 Å². The molecule has 0 unspecified atom stereocenters. The van der Waals surface area contributed by atoms with Crippen molar-refractivity contribution in [1.82, 2.24) is 15.4 Å². The summed E-state index contributed by atoms with van der Waals surface area (Å²) in [5.74, 6) is 1.61. The second kappa shape index (κ2) is 9.88. The number of aryl methyl sites for hydroxylation is 1. The van der Waals surface area contributed by atoms with Gasteiger partial charge >= 0.3 is 0 Å². The van der Waals surface area contributed by atoms with E-state index < -0.39 is 0 Å². The van der Waals surface area contributed by atoms with Crippen molar-refractivity contribution in [2.75, 3.05) is 22.1 Å². The maximum absolute atomic E-state index is 12.0. The first-order valence-corrected chi connectivity index (χ1v) is 11.5. The van der Waals surface area contributed by atoms with Gasteiger partial charge in [-0.25, -0.2) is 0 Å². The van der Waals surface area contributed by atoms with E-state index in [0.717, 1.165) is 10.1 Å². The third-order valence-corrected chi connectivity index (χ3v) is 6.95. The lowest BCUT2D eigenvalue weighted by Crippen LogP contribution is -2.18. The van der Waals surface area contributed by atoms with E-state index in [4.69, 9.17) is 4.52 Å². The van der Waals surface area contributed by atoms with Crippen LogP contribution in [0.15, 0.2) is 32.4 Å². The third-order valence-electron chi connectivity index (χ3n) is 2.93. The van der Waals surface area contributed by atoms with Gasteiger partial charge in [0.05, 0.1) is 11.5 Å². The number of nitrogens with zero attached hydrogens (tertiary/aromatic N) is 3. The van der Waals surface area contributed by atoms with Crippen molar-refractivity contribution in [1.29, 1.82) is 0 Å². The molecule has 0 spiro atoms. The predicted molar refractivity (Wildman–Crippen MR) is 110 cm³/mol. The summed E-state index contributed by atoms with van der Waals surface area (Å²) in [5, 5.41) is 19.5. The highest BCUT2D eigenvalue weighted by atomic mass is 32.2. The summed E-state index contributed by atoms with van der Waals surface area (Å²) in [5.41, 5.74) is 0. The van der Waals surface area contributed by atoms with E-state index in [-0.39, 0.29) is 23.3 Å². The summed E-state index contributed by atoms with van der Waals surface area (Å²) in [4.78, 5) is 25.0. The molecule has 2 amide bonds. The van der Waals surface area contributed by atoms with Crippen molar-refractivity contribution >= 4 is 69.0 Å². The Labute approximate surface area is 171 Å². The second-order valence-corrected chi connectivity index (χ2v) is 9.37. The number of carbonyl (C=O) groups is 2. The first-order chi connectivity index (χ1) is 13.1. The molecule has 0 bridgehead atoms. The minimum Gasteiger partial charge on any atom is -0.360 e. The van der Waals surface area contributed by atoms with Gasteiger partial charge in [-0.2, -0.15) is 0 Å². The summed E-state index contributed by atoms with van der Waals surface area (Å²) in [6.07, 6.45) is 0. The molecule has 8 nitrogen and oxygen atoms in total. The van der Waals surface area contributed by atoms with Gasteiger partial charge in [0.1, 0.15) is 5.76 Å².